The first-order valence-corrected chi connectivity index (χ1v) is 8.77. The number of halogens is 2. The molecular formula is C18H16Cl2N6O2. The van der Waals surface area contributed by atoms with Crippen molar-refractivity contribution in [3.63, 3.8) is 0 Å². The second kappa shape index (κ2) is 8.64. The Hall–Kier alpha value is -3.23. The molecule has 0 saturated heterocycles. The number of nitrogens with one attached hydrogen (secondary N) is 3. The molecule has 0 unspecified atom stereocenters. The average molecular weight is 419 g/mol. The number of aromatic nitrogens is 2. The third-order valence-electron chi connectivity index (χ3n) is 3.71. The summed E-state index contributed by atoms with van der Waals surface area (Å²) in [6, 6.07) is 11.8. The predicted molar refractivity (Wildman–Crippen MR) is 110 cm³/mol. The van der Waals surface area contributed by atoms with Gasteiger partial charge in [-0.3, -0.25) is 15.6 Å². The highest BCUT2D eigenvalue weighted by molar-refractivity contribution is 6.42. The first-order chi connectivity index (χ1) is 13.5. The molecule has 0 bridgehead atoms. The Morgan fingerprint density at radius 2 is 1.82 bits per heavy atom. The maximum Gasteiger partial charge on any atom is 0.273 e. The van der Waals surface area contributed by atoms with Gasteiger partial charge in [-0.1, -0.05) is 35.3 Å². The van der Waals surface area contributed by atoms with E-state index in [1.807, 2.05) is 0 Å². The minimum absolute atomic E-state index is 0.203. The number of hydrogen-bond acceptors (Lipinski definition) is 7. The fraction of sp³-hybridized carbons (Fsp3) is 0.0556. The minimum atomic E-state index is -0.408. The molecule has 3 rings (SSSR count). The van der Waals surface area contributed by atoms with Gasteiger partial charge in [0.25, 0.3) is 5.91 Å². The van der Waals surface area contributed by atoms with Crippen LogP contribution in [0.5, 0.6) is 5.75 Å². The lowest BCUT2D eigenvalue weighted by Gasteiger charge is -2.14. The molecule has 3 aromatic rings. The van der Waals surface area contributed by atoms with Crippen LogP contribution < -0.4 is 26.6 Å². The number of carbonyl (C=O) groups is 1. The minimum Gasteiger partial charge on any atom is -0.496 e. The monoisotopic (exact) mass is 418 g/mol. The maximum absolute atomic E-state index is 12.4. The van der Waals surface area contributed by atoms with Crippen LogP contribution in [0, 0.1) is 0 Å². The molecular weight excluding hydrogens is 403 g/mol. The molecule has 10 heteroatoms. The average Bonchev–Trinajstić information content (AvgIpc) is 2.71. The molecule has 0 fully saturated rings. The normalized spacial score (nSPS) is 10.2. The number of amides is 1. The largest absolute Gasteiger partial charge is 0.496 e. The molecule has 144 valence electrons. The van der Waals surface area contributed by atoms with Crippen molar-refractivity contribution < 1.29 is 9.53 Å². The van der Waals surface area contributed by atoms with Gasteiger partial charge in [0.05, 0.1) is 22.7 Å². The first-order valence-electron chi connectivity index (χ1n) is 8.01. The topological polar surface area (TPSA) is 114 Å². The van der Waals surface area contributed by atoms with E-state index in [4.69, 9.17) is 33.7 Å². The molecule has 0 atom stereocenters. The van der Waals surface area contributed by atoms with Crippen molar-refractivity contribution in [1.29, 1.82) is 0 Å². The van der Waals surface area contributed by atoms with E-state index in [1.165, 1.54) is 13.4 Å². The lowest BCUT2D eigenvalue weighted by Crippen LogP contribution is -2.30. The summed E-state index contributed by atoms with van der Waals surface area (Å²) in [5.41, 5.74) is 12.5. The van der Waals surface area contributed by atoms with Crippen LogP contribution in [0.2, 0.25) is 10.0 Å². The maximum atomic E-state index is 12.4. The standard InChI is InChI=1S/C18H16Cl2N6O2/c1-28-14-5-3-2-4-11(14)18(27)26-25-17-15(21)16(22-9-23-17)24-10-6-7-12(19)13(20)8-10/h2-9H,21H2,1H3,(H,26,27)(H2,22,23,24,25). The van der Waals surface area contributed by atoms with Gasteiger partial charge in [-0.15, -0.1) is 0 Å². The van der Waals surface area contributed by atoms with E-state index in [1.54, 1.807) is 42.5 Å². The number of nitrogens with zero attached hydrogens (tertiary/aromatic N) is 2. The van der Waals surface area contributed by atoms with Crippen molar-refractivity contribution in [3.8, 4) is 5.75 Å². The summed E-state index contributed by atoms with van der Waals surface area (Å²) in [5.74, 6) is 0.595. The highest BCUT2D eigenvalue weighted by Crippen LogP contribution is 2.29. The van der Waals surface area contributed by atoms with Crippen LogP contribution in [0.4, 0.5) is 23.0 Å². The van der Waals surface area contributed by atoms with Gasteiger partial charge >= 0.3 is 0 Å². The number of rotatable bonds is 6. The van der Waals surface area contributed by atoms with Gasteiger partial charge in [0.15, 0.2) is 11.6 Å². The lowest BCUT2D eigenvalue weighted by atomic mass is 10.2. The van der Waals surface area contributed by atoms with Crippen molar-refractivity contribution in [1.82, 2.24) is 15.4 Å². The Labute approximate surface area is 171 Å². The van der Waals surface area contributed by atoms with Crippen molar-refractivity contribution in [2.45, 2.75) is 0 Å². The number of carbonyl (C=O) groups excluding carboxylic acids is 1. The summed E-state index contributed by atoms with van der Waals surface area (Å²) in [7, 11) is 1.49. The van der Waals surface area contributed by atoms with Gasteiger partial charge in [0, 0.05) is 5.69 Å². The number of anilines is 4. The summed E-state index contributed by atoms with van der Waals surface area (Å²) in [5, 5.41) is 3.85. The number of benzene rings is 2. The highest BCUT2D eigenvalue weighted by atomic mass is 35.5. The number of para-hydroxylation sites is 1. The van der Waals surface area contributed by atoms with E-state index < -0.39 is 5.91 Å². The van der Waals surface area contributed by atoms with Crippen LogP contribution in [0.15, 0.2) is 48.8 Å². The van der Waals surface area contributed by atoms with E-state index in [0.29, 0.717) is 32.9 Å². The zero-order valence-corrected chi connectivity index (χ0v) is 16.2. The number of hydrazine groups is 1. The molecule has 0 aliphatic carbocycles. The molecule has 0 radical (unpaired) electrons. The van der Waals surface area contributed by atoms with Crippen molar-refractivity contribution >= 4 is 52.1 Å². The molecule has 1 aromatic heterocycles. The summed E-state index contributed by atoms with van der Waals surface area (Å²) < 4.78 is 5.18. The van der Waals surface area contributed by atoms with Gasteiger partial charge < -0.3 is 15.8 Å². The Kier molecular flexibility index (Phi) is 6.03. The SMILES string of the molecule is COc1ccccc1C(=O)NNc1ncnc(Nc2ccc(Cl)c(Cl)c2)c1N. The van der Waals surface area contributed by atoms with E-state index in [-0.39, 0.29) is 11.5 Å². The fourth-order valence-corrected chi connectivity index (χ4v) is 2.62. The number of methoxy groups -OCH3 is 1. The first kappa shape index (κ1) is 19.5. The van der Waals surface area contributed by atoms with E-state index in [2.05, 4.69) is 26.1 Å². The van der Waals surface area contributed by atoms with Crippen LogP contribution >= 0.6 is 23.2 Å². The molecule has 2 aromatic carbocycles. The molecule has 1 heterocycles. The van der Waals surface area contributed by atoms with Crippen LogP contribution in [0.1, 0.15) is 10.4 Å². The van der Waals surface area contributed by atoms with E-state index in [9.17, 15) is 4.79 Å². The Balaban J connectivity index is 1.74. The van der Waals surface area contributed by atoms with Gasteiger partial charge in [-0.25, -0.2) is 9.97 Å². The van der Waals surface area contributed by atoms with Crippen LogP contribution in [0.25, 0.3) is 0 Å². The van der Waals surface area contributed by atoms with Gasteiger partial charge in [0.2, 0.25) is 0 Å². The Morgan fingerprint density at radius 3 is 2.57 bits per heavy atom. The molecule has 0 spiro atoms. The van der Waals surface area contributed by atoms with E-state index in [0.717, 1.165) is 0 Å². The second-order valence-electron chi connectivity index (χ2n) is 5.52. The Bertz CT molecular complexity index is 1020. The van der Waals surface area contributed by atoms with Crippen LogP contribution in [-0.4, -0.2) is 23.0 Å². The summed E-state index contributed by atoms with van der Waals surface area (Å²) >= 11 is 11.9. The van der Waals surface area contributed by atoms with Crippen LogP contribution in [-0.2, 0) is 0 Å². The molecule has 1 amide bonds. The molecule has 28 heavy (non-hydrogen) atoms. The van der Waals surface area contributed by atoms with Gasteiger partial charge in [-0.05, 0) is 30.3 Å². The third-order valence-corrected chi connectivity index (χ3v) is 4.45. The smallest absolute Gasteiger partial charge is 0.273 e. The molecule has 8 nitrogen and oxygen atoms in total. The Morgan fingerprint density at radius 1 is 1.07 bits per heavy atom. The summed E-state index contributed by atoms with van der Waals surface area (Å²) in [4.78, 5) is 20.5. The molecule has 5 N–H and O–H groups in total. The van der Waals surface area contributed by atoms with Crippen molar-refractivity contribution in [2.24, 2.45) is 0 Å². The van der Waals surface area contributed by atoms with Crippen molar-refractivity contribution in [2.75, 3.05) is 23.6 Å². The van der Waals surface area contributed by atoms with E-state index >= 15 is 0 Å². The molecule has 0 aliphatic rings. The second-order valence-corrected chi connectivity index (χ2v) is 6.33. The predicted octanol–water partition coefficient (Wildman–Crippen LogP) is 3.87. The summed E-state index contributed by atoms with van der Waals surface area (Å²) in [6.07, 6.45) is 1.30. The third kappa shape index (κ3) is 4.36. The quantitative estimate of drug-likeness (QED) is 0.449. The number of nitrogen functional groups attached to an aromatic ring is 1. The van der Waals surface area contributed by atoms with Gasteiger partial charge in [-0.2, -0.15) is 0 Å². The van der Waals surface area contributed by atoms with Crippen LogP contribution in [0.3, 0.4) is 0 Å². The fourth-order valence-electron chi connectivity index (χ4n) is 2.32. The number of hydrogen-bond donors (Lipinski definition) is 4. The molecule has 0 aliphatic heterocycles. The molecule has 0 saturated carbocycles. The zero-order valence-electron chi connectivity index (χ0n) is 14.7. The lowest BCUT2D eigenvalue weighted by molar-refractivity contribution is 0.0959. The number of nitrogens with two attached hydrogens (primary N) is 1. The number of ether oxygens (including phenoxy) is 1. The highest BCUT2D eigenvalue weighted by Gasteiger charge is 2.13. The van der Waals surface area contributed by atoms with Gasteiger partial charge in [0.1, 0.15) is 17.8 Å². The summed E-state index contributed by atoms with van der Waals surface area (Å²) in [6.45, 7) is 0. The van der Waals surface area contributed by atoms with Crippen molar-refractivity contribution in [3.05, 3.63) is 64.4 Å². The zero-order chi connectivity index (χ0) is 20.1.